The fourth-order valence-corrected chi connectivity index (χ4v) is 5.09. The minimum atomic E-state index is -0.458. The molecular formula is C18H32N2O2. The summed E-state index contributed by atoms with van der Waals surface area (Å²) in [5.74, 6) is 1.10. The lowest BCUT2D eigenvalue weighted by atomic mass is 9.74. The Bertz CT molecular complexity index is 393. The molecule has 0 aromatic carbocycles. The van der Waals surface area contributed by atoms with E-state index in [0.717, 1.165) is 31.8 Å². The van der Waals surface area contributed by atoms with Gasteiger partial charge in [0, 0.05) is 31.0 Å². The van der Waals surface area contributed by atoms with Crippen molar-refractivity contribution in [2.75, 3.05) is 13.1 Å². The Labute approximate surface area is 134 Å². The first kappa shape index (κ1) is 16.3. The van der Waals surface area contributed by atoms with E-state index in [9.17, 15) is 9.90 Å². The molecule has 3 rings (SSSR count). The van der Waals surface area contributed by atoms with Crippen molar-refractivity contribution < 1.29 is 9.90 Å². The lowest BCUT2D eigenvalue weighted by Gasteiger charge is -2.48. The van der Waals surface area contributed by atoms with Gasteiger partial charge in [-0.15, -0.1) is 0 Å². The number of carbonyl (C=O) groups is 1. The van der Waals surface area contributed by atoms with E-state index in [1.165, 1.54) is 44.9 Å². The number of rotatable bonds is 5. The number of hydrogen-bond acceptors (Lipinski definition) is 3. The van der Waals surface area contributed by atoms with E-state index in [2.05, 4.69) is 10.2 Å². The van der Waals surface area contributed by atoms with Crippen LogP contribution in [0.1, 0.15) is 71.1 Å². The predicted molar refractivity (Wildman–Crippen MR) is 87.3 cm³/mol. The number of nitrogens with one attached hydrogen (secondary N) is 1. The topological polar surface area (TPSA) is 52.6 Å². The summed E-state index contributed by atoms with van der Waals surface area (Å²) in [6.07, 6.45) is 11.5. The van der Waals surface area contributed by atoms with Gasteiger partial charge in [0.2, 0.25) is 5.91 Å². The molecule has 2 N–H and O–H groups in total. The van der Waals surface area contributed by atoms with Crippen molar-refractivity contribution in [3.8, 4) is 0 Å². The highest BCUT2D eigenvalue weighted by atomic mass is 16.3. The van der Waals surface area contributed by atoms with Gasteiger partial charge in [0.1, 0.15) is 6.23 Å². The van der Waals surface area contributed by atoms with Crippen molar-refractivity contribution in [3.05, 3.63) is 0 Å². The number of amides is 1. The summed E-state index contributed by atoms with van der Waals surface area (Å²) in [6, 6.07) is 0.405. The number of hydrogen-bond donors (Lipinski definition) is 2. The van der Waals surface area contributed by atoms with E-state index in [0.29, 0.717) is 18.4 Å². The molecule has 0 radical (unpaired) electrons. The van der Waals surface area contributed by atoms with Gasteiger partial charge in [0.25, 0.3) is 0 Å². The quantitative estimate of drug-likeness (QED) is 0.768. The maximum absolute atomic E-state index is 12.5. The minimum Gasteiger partial charge on any atom is -0.379 e. The molecular weight excluding hydrogens is 276 g/mol. The van der Waals surface area contributed by atoms with E-state index in [1.54, 1.807) is 6.92 Å². The number of nitrogens with zero attached hydrogens (tertiary/aromatic N) is 1. The second-order valence-corrected chi connectivity index (χ2v) is 7.88. The highest BCUT2D eigenvalue weighted by Gasteiger charge is 2.50. The molecule has 126 valence electrons. The number of likely N-dealkylation sites (tertiary alicyclic amines) is 1. The Kier molecular flexibility index (Phi) is 5.08. The summed E-state index contributed by atoms with van der Waals surface area (Å²) in [6.45, 7) is 3.62. The molecule has 3 fully saturated rings. The largest absolute Gasteiger partial charge is 0.379 e. The first-order valence-corrected chi connectivity index (χ1v) is 9.32. The molecule has 2 aliphatic carbocycles. The molecule has 1 heterocycles. The van der Waals surface area contributed by atoms with Gasteiger partial charge in [-0.1, -0.05) is 25.7 Å². The molecule has 0 aromatic rings. The van der Waals surface area contributed by atoms with Crippen LogP contribution < -0.4 is 5.32 Å². The van der Waals surface area contributed by atoms with Gasteiger partial charge in [-0.25, -0.2) is 0 Å². The van der Waals surface area contributed by atoms with Crippen LogP contribution in [-0.4, -0.2) is 41.3 Å². The highest BCUT2D eigenvalue weighted by molar-refractivity contribution is 5.78. The molecule has 3 atom stereocenters. The zero-order valence-electron chi connectivity index (χ0n) is 14.0. The summed E-state index contributed by atoms with van der Waals surface area (Å²) < 4.78 is 0. The van der Waals surface area contributed by atoms with E-state index in [4.69, 9.17) is 0 Å². The molecule has 2 saturated carbocycles. The van der Waals surface area contributed by atoms with E-state index >= 15 is 0 Å². The van der Waals surface area contributed by atoms with E-state index in [-0.39, 0.29) is 5.41 Å². The SMILES string of the molecule is CC(O)NC[C@@]12CCC[C@H]1N(CC1CCCCC1)C(=O)CC2. The Morgan fingerprint density at radius 1 is 1.23 bits per heavy atom. The molecule has 22 heavy (non-hydrogen) atoms. The standard InChI is InChI=1S/C18H32N2O2/c1-14(21)19-13-18-10-5-8-16(18)20(17(22)9-11-18)12-15-6-3-2-4-7-15/h14-16,19,21H,2-13H2,1H3/t14?,16-,18+/m1/s1. The van der Waals surface area contributed by atoms with Crippen LogP contribution in [-0.2, 0) is 4.79 Å². The summed E-state index contributed by atoms with van der Waals surface area (Å²) in [5.41, 5.74) is 0.208. The second-order valence-electron chi connectivity index (χ2n) is 7.88. The summed E-state index contributed by atoms with van der Waals surface area (Å²) in [7, 11) is 0. The smallest absolute Gasteiger partial charge is 0.222 e. The third-order valence-corrected chi connectivity index (χ3v) is 6.32. The summed E-state index contributed by atoms with van der Waals surface area (Å²) >= 11 is 0. The first-order chi connectivity index (χ1) is 10.6. The van der Waals surface area contributed by atoms with Gasteiger partial charge in [-0.2, -0.15) is 0 Å². The highest BCUT2D eigenvalue weighted by Crippen LogP contribution is 2.48. The van der Waals surface area contributed by atoms with Crippen LogP contribution in [0.25, 0.3) is 0 Å². The number of carbonyl (C=O) groups excluding carboxylic acids is 1. The van der Waals surface area contributed by atoms with Crippen molar-refractivity contribution in [3.63, 3.8) is 0 Å². The van der Waals surface area contributed by atoms with Crippen molar-refractivity contribution >= 4 is 5.91 Å². The summed E-state index contributed by atoms with van der Waals surface area (Å²) in [4.78, 5) is 14.8. The molecule has 4 nitrogen and oxygen atoms in total. The van der Waals surface area contributed by atoms with Gasteiger partial charge in [0.15, 0.2) is 0 Å². The van der Waals surface area contributed by atoms with Gasteiger partial charge in [-0.05, 0) is 44.9 Å². The summed E-state index contributed by atoms with van der Waals surface area (Å²) in [5, 5.41) is 12.8. The molecule has 1 aliphatic heterocycles. The first-order valence-electron chi connectivity index (χ1n) is 9.32. The number of piperidine rings is 1. The monoisotopic (exact) mass is 308 g/mol. The molecule has 1 saturated heterocycles. The lowest BCUT2D eigenvalue weighted by molar-refractivity contribution is -0.143. The number of aliphatic hydroxyl groups is 1. The van der Waals surface area contributed by atoms with Crippen molar-refractivity contribution in [2.45, 2.75) is 83.4 Å². The number of fused-ring (bicyclic) bond motifs is 1. The van der Waals surface area contributed by atoms with Crippen molar-refractivity contribution in [2.24, 2.45) is 11.3 Å². The van der Waals surface area contributed by atoms with Gasteiger partial charge in [0.05, 0.1) is 0 Å². The van der Waals surface area contributed by atoms with Crippen LogP contribution in [0.2, 0.25) is 0 Å². The lowest BCUT2D eigenvalue weighted by Crippen LogP contribution is -2.57. The zero-order chi connectivity index (χ0) is 15.6. The third-order valence-electron chi connectivity index (χ3n) is 6.32. The zero-order valence-corrected chi connectivity index (χ0v) is 14.0. The minimum absolute atomic E-state index is 0.208. The van der Waals surface area contributed by atoms with Crippen LogP contribution in [0.5, 0.6) is 0 Å². The van der Waals surface area contributed by atoms with Gasteiger partial charge < -0.3 is 10.0 Å². The van der Waals surface area contributed by atoms with Crippen LogP contribution in [0, 0.1) is 11.3 Å². The Balaban J connectivity index is 1.69. The van der Waals surface area contributed by atoms with Crippen LogP contribution in [0.3, 0.4) is 0 Å². The van der Waals surface area contributed by atoms with E-state index in [1.807, 2.05) is 0 Å². The maximum atomic E-state index is 12.5. The fourth-order valence-electron chi connectivity index (χ4n) is 5.09. The van der Waals surface area contributed by atoms with E-state index < -0.39 is 6.23 Å². The Morgan fingerprint density at radius 3 is 2.73 bits per heavy atom. The second kappa shape index (κ2) is 6.88. The average molecular weight is 308 g/mol. The average Bonchev–Trinajstić information content (AvgIpc) is 2.94. The van der Waals surface area contributed by atoms with Crippen LogP contribution in [0.15, 0.2) is 0 Å². The van der Waals surface area contributed by atoms with Crippen molar-refractivity contribution in [1.82, 2.24) is 10.2 Å². The predicted octanol–water partition coefficient (Wildman–Crippen LogP) is 2.66. The van der Waals surface area contributed by atoms with Gasteiger partial charge >= 0.3 is 0 Å². The Hall–Kier alpha value is -0.610. The molecule has 3 aliphatic rings. The van der Waals surface area contributed by atoms with Crippen LogP contribution >= 0.6 is 0 Å². The van der Waals surface area contributed by atoms with Crippen LogP contribution in [0.4, 0.5) is 0 Å². The molecule has 0 bridgehead atoms. The molecule has 1 amide bonds. The Morgan fingerprint density at radius 2 is 2.00 bits per heavy atom. The fraction of sp³-hybridized carbons (Fsp3) is 0.944. The molecule has 1 unspecified atom stereocenters. The van der Waals surface area contributed by atoms with Gasteiger partial charge in [-0.3, -0.25) is 10.1 Å². The maximum Gasteiger partial charge on any atom is 0.222 e. The molecule has 0 aromatic heterocycles. The van der Waals surface area contributed by atoms with Crippen molar-refractivity contribution in [1.29, 1.82) is 0 Å². The number of aliphatic hydroxyl groups excluding tert-OH is 1. The third kappa shape index (κ3) is 3.33. The molecule has 0 spiro atoms. The normalized spacial score (nSPS) is 34.7. The molecule has 4 heteroatoms.